The first-order chi connectivity index (χ1) is 11.6. The van der Waals surface area contributed by atoms with Gasteiger partial charge in [0.1, 0.15) is 18.8 Å². The highest BCUT2D eigenvalue weighted by Gasteiger charge is 2.08. The van der Waals surface area contributed by atoms with Crippen LogP contribution in [0, 0.1) is 0 Å². The highest BCUT2D eigenvalue weighted by atomic mass is 35.5. The third-order valence-corrected chi connectivity index (χ3v) is 4.38. The van der Waals surface area contributed by atoms with Crippen LogP contribution in [-0.4, -0.2) is 5.11 Å². The molecule has 1 aromatic heterocycles. The molecule has 0 radical (unpaired) electrons. The van der Waals surface area contributed by atoms with Crippen LogP contribution in [0.25, 0.3) is 11.3 Å². The number of rotatable bonds is 6. The van der Waals surface area contributed by atoms with E-state index >= 15 is 0 Å². The monoisotopic (exact) mass is 342 g/mol. The first kappa shape index (κ1) is 16.8. The Bertz CT molecular complexity index is 793. The van der Waals surface area contributed by atoms with Crippen molar-refractivity contribution in [3.05, 3.63) is 82.6 Å². The Morgan fingerprint density at radius 2 is 1.75 bits per heavy atom. The summed E-state index contributed by atoms with van der Waals surface area (Å²) in [4.78, 5) is 0. The Kier molecular flexibility index (Phi) is 5.36. The van der Waals surface area contributed by atoms with Gasteiger partial charge in [-0.2, -0.15) is 0 Å². The van der Waals surface area contributed by atoms with E-state index in [-0.39, 0.29) is 0 Å². The Labute approximate surface area is 146 Å². The van der Waals surface area contributed by atoms with Crippen molar-refractivity contribution < 1.29 is 14.8 Å². The van der Waals surface area contributed by atoms with Crippen LogP contribution in [-0.2, 0) is 13.1 Å². The van der Waals surface area contributed by atoms with Crippen molar-refractivity contribution in [1.29, 1.82) is 0 Å². The van der Waals surface area contributed by atoms with Gasteiger partial charge in [-0.3, -0.25) is 0 Å². The van der Waals surface area contributed by atoms with Gasteiger partial charge in [-0.1, -0.05) is 54.1 Å². The van der Waals surface area contributed by atoms with E-state index in [9.17, 15) is 5.11 Å². The maximum absolute atomic E-state index is 9.56. The number of furan rings is 1. The van der Waals surface area contributed by atoms with Crippen LogP contribution in [0.4, 0.5) is 0 Å². The van der Waals surface area contributed by atoms with Crippen molar-refractivity contribution in [3.63, 3.8) is 0 Å². The minimum absolute atomic E-state index is 0.453. The number of aliphatic hydroxyl groups excluding tert-OH is 1. The first-order valence-corrected chi connectivity index (χ1v) is 8.43. The minimum atomic E-state index is -0.453. The van der Waals surface area contributed by atoms with E-state index in [1.165, 1.54) is 0 Å². The van der Waals surface area contributed by atoms with Crippen molar-refractivity contribution in [2.45, 2.75) is 26.1 Å². The topological polar surface area (TPSA) is 50.0 Å². The maximum atomic E-state index is 9.56. The van der Waals surface area contributed by atoms with Gasteiger partial charge in [0.25, 0.3) is 0 Å². The fourth-order valence-electron chi connectivity index (χ4n) is 2.60. The fraction of sp³-hybridized carbons (Fsp3) is 0.200. The van der Waals surface area contributed by atoms with Gasteiger partial charge in [-0.05, 0) is 30.7 Å². The Hall–Kier alpha value is -2.07. The summed E-state index contributed by atoms with van der Waals surface area (Å²) < 4.78 is 5.91. The molecule has 3 N–H and O–H groups in total. The second kappa shape index (κ2) is 7.67. The van der Waals surface area contributed by atoms with Gasteiger partial charge in [0.2, 0.25) is 0 Å². The number of hydrogen-bond donors (Lipinski definition) is 2. The second-order valence-electron chi connectivity index (χ2n) is 5.85. The van der Waals surface area contributed by atoms with Gasteiger partial charge in [-0.15, -0.1) is 0 Å². The van der Waals surface area contributed by atoms with Crippen LogP contribution in [0.2, 0.25) is 5.02 Å². The summed E-state index contributed by atoms with van der Waals surface area (Å²) in [5.41, 5.74) is 3.04. The number of benzene rings is 2. The van der Waals surface area contributed by atoms with Crippen LogP contribution in [0.15, 0.2) is 65.1 Å². The first-order valence-electron chi connectivity index (χ1n) is 8.05. The molecule has 124 valence electrons. The molecule has 0 aliphatic carbocycles. The quantitative estimate of drug-likeness (QED) is 0.713. The third kappa shape index (κ3) is 4.06. The molecule has 0 saturated heterocycles. The Morgan fingerprint density at radius 3 is 2.46 bits per heavy atom. The molecule has 1 heterocycles. The summed E-state index contributed by atoms with van der Waals surface area (Å²) in [5.74, 6) is 1.77. The van der Waals surface area contributed by atoms with E-state index in [4.69, 9.17) is 16.0 Å². The van der Waals surface area contributed by atoms with E-state index < -0.39 is 6.10 Å². The molecule has 3 nitrogen and oxygen atoms in total. The average molecular weight is 343 g/mol. The van der Waals surface area contributed by atoms with Crippen molar-refractivity contribution in [1.82, 2.24) is 0 Å². The highest BCUT2D eigenvalue weighted by molar-refractivity contribution is 6.31. The van der Waals surface area contributed by atoms with Gasteiger partial charge >= 0.3 is 0 Å². The molecule has 0 amide bonds. The van der Waals surface area contributed by atoms with E-state index in [0.29, 0.717) is 0 Å². The summed E-state index contributed by atoms with van der Waals surface area (Å²) in [6, 6.07) is 19.7. The number of quaternary nitrogens is 1. The van der Waals surface area contributed by atoms with E-state index in [1.807, 2.05) is 60.7 Å². The molecule has 0 aliphatic rings. The Morgan fingerprint density at radius 1 is 1.00 bits per heavy atom. The molecule has 24 heavy (non-hydrogen) atoms. The zero-order valence-corrected chi connectivity index (χ0v) is 14.3. The van der Waals surface area contributed by atoms with Crippen molar-refractivity contribution in [3.8, 4) is 11.3 Å². The molecular formula is C20H21ClNO2+. The summed E-state index contributed by atoms with van der Waals surface area (Å²) in [6.45, 7) is 3.34. The standard InChI is InChI=1S/C20H20ClNO2/c1-14(23)15-6-8-16(9-7-15)20-11-10-18(24-20)13-22-12-17-4-2-3-5-19(17)21/h2-11,14,22-23H,12-13H2,1H3/p+1/t14-/m0/s1. The largest absolute Gasteiger partial charge is 0.455 e. The van der Waals surface area contributed by atoms with Crippen LogP contribution < -0.4 is 5.32 Å². The lowest BCUT2D eigenvalue weighted by Crippen LogP contribution is -2.80. The number of halogens is 1. The average Bonchev–Trinajstić information content (AvgIpc) is 3.05. The van der Waals surface area contributed by atoms with Crippen LogP contribution in [0.3, 0.4) is 0 Å². The summed E-state index contributed by atoms with van der Waals surface area (Å²) in [6.07, 6.45) is -0.453. The molecule has 1 atom stereocenters. The number of nitrogens with two attached hydrogens (primary N) is 1. The van der Waals surface area contributed by atoms with Crippen molar-refractivity contribution in [2.24, 2.45) is 0 Å². The summed E-state index contributed by atoms with van der Waals surface area (Å²) in [5, 5.41) is 12.5. The SMILES string of the molecule is C[C@H](O)c1ccc(-c2ccc(C[NH2+]Cc3ccccc3Cl)o2)cc1. The van der Waals surface area contributed by atoms with Gasteiger partial charge in [0.05, 0.1) is 6.10 Å². The van der Waals surface area contributed by atoms with Gasteiger partial charge < -0.3 is 14.8 Å². The molecular weight excluding hydrogens is 322 g/mol. The van der Waals surface area contributed by atoms with Gasteiger partial charge in [0, 0.05) is 16.1 Å². The highest BCUT2D eigenvalue weighted by Crippen LogP contribution is 2.24. The van der Waals surface area contributed by atoms with E-state index in [1.54, 1.807) is 6.92 Å². The fourth-order valence-corrected chi connectivity index (χ4v) is 2.82. The lowest BCUT2D eigenvalue weighted by Gasteiger charge is -2.05. The molecule has 0 spiro atoms. The number of aliphatic hydroxyl groups is 1. The molecule has 3 rings (SSSR count). The molecule has 3 aromatic rings. The summed E-state index contributed by atoms with van der Waals surface area (Å²) in [7, 11) is 0. The normalized spacial score (nSPS) is 12.3. The molecule has 4 heteroatoms. The third-order valence-electron chi connectivity index (χ3n) is 4.01. The van der Waals surface area contributed by atoms with Crippen molar-refractivity contribution >= 4 is 11.6 Å². The zero-order valence-electron chi connectivity index (χ0n) is 13.6. The van der Waals surface area contributed by atoms with Crippen LogP contribution in [0.5, 0.6) is 0 Å². The van der Waals surface area contributed by atoms with Gasteiger partial charge in [0.15, 0.2) is 5.76 Å². The molecule has 0 saturated carbocycles. The Balaban J connectivity index is 1.60. The van der Waals surface area contributed by atoms with E-state index in [2.05, 4.69) is 5.32 Å². The lowest BCUT2D eigenvalue weighted by atomic mass is 10.1. The van der Waals surface area contributed by atoms with Crippen LogP contribution >= 0.6 is 11.6 Å². The smallest absolute Gasteiger partial charge is 0.158 e. The number of hydrogen-bond acceptors (Lipinski definition) is 2. The minimum Gasteiger partial charge on any atom is -0.455 e. The van der Waals surface area contributed by atoms with Crippen LogP contribution in [0.1, 0.15) is 29.9 Å². The second-order valence-corrected chi connectivity index (χ2v) is 6.26. The molecule has 0 bridgehead atoms. The maximum Gasteiger partial charge on any atom is 0.158 e. The van der Waals surface area contributed by atoms with E-state index in [0.717, 1.165) is 46.3 Å². The summed E-state index contributed by atoms with van der Waals surface area (Å²) >= 11 is 6.16. The predicted molar refractivity (Wildman–Crippen MR) is 95.6 cm³/mol. The molecule has 0 unspecified atom stereocenters. The zero-order chi connectivity index (χ0) is 16.9. The molecule has 2 aromatic carbocycles. The molecule has 0 aliphatic heterocycles. The predicted octanol–water partition coefficient (Wildman–Crippen LogP) is 3.92. The molecule has 0 fully saturated rings. The lowest BCUT2D eigenvalue weighted by molar-refractivity contribution is -0.687. The van der Waals surface area contributed by atoms with Gasteiger partial charge in [-0.25, -0.2) is 0 Å². The van der Waals surface area contributed by atoms with Crippen molar-refractivity contribution in [2.75, 3.05) is 0 Å².